The minimum absolute atomic E-state index is 0.113. The summed E-state index contributed by atoms with van der Waals surface area (Å²) in [6, 6.07) is 11.5. The van der Waals surface area contributed by atoms with Crippen LogP contribution in [0.1, 0.15) is 33.9 Å². The van der Waals surface area contributed by atoms with E-state index in [-0.39, 0.29) is 11.9 Å². The molecule has 2 aromatic carbocycles. The predicted octanol–water partition coefficient (Wildman–Crippen LogP) is 4.06. The van der Waals surface area contributed by atoms with Crippen LogP contribution >= 0.6 is 0 Å². The highest BCUT2D eigenvalue weighted by Crippen LogP contribution is 2.26. The van der Waals surface area contributed by atoms with Crippen molar-refractivity contribution >= 4 is 0 Å². The van der Waals surface area contributed by atoms with Gasteiger partial charge in [-0.1, -0.05) is 47.0 Å². The van der Waals surface area contributed by atoms with Gasteiger partial charge in [-0.25, -0.2) is 4.39 Å². The molecule has 0 spiro atoms. The fraction of sp³-hybridized carbons (Fsp3) is 0.294. The lowest BCUT2D eigenvalue weighted by atomic mass is 9.94. The van der Waals surface area contributed by atoms with Crippen molar-refractivity contribution in [2.45, 2.75) is 26.8 Å². The molecule has 1 atom stereocenters. The fourth-order valence-corrected chi connectivity index (χ4v) is 2.56. The van der Waals surface area contributed by atoms with E-state index in [0.29, 0.717) is 5.56 Å². The number of hydrogen-bond donors (Lipinski definition) is 1. The van der Waals surface area contributed by atoms with Gasteiger partial charge in [0.05, 0.1) is 6.04 Å². The van der Waals surface area contributed by atoms with Gasteiger partial charge in [0.25, 0.3) is 0 Å². The molecule has 0 heterocycles. The smallest absolute Gasteiger partial charge is 0.128 e. The van der Waals surface area contributed by atoms with Crippen molar-refractivity contribution in [3.63, 3.8) is 0 Å². The second kappa shape index (κ2) is 5.54. The van der Waals surface area contributed by atoms with Crippen molar-refractivity contribution in [3.8, 4) is 0 Å². The van der Waals surface area contributed by atoms with Crippen LogP contribution in [-0.4, -0.2) is 7.05 Å². The lowest BCUT2D eigenvalue weighted by Gasteiger charge is -2.19. The summed E-state index contributed by atoms with van der Waals surface area (Å²) >= 11 is 0. The van der Waals surface area contributed by atoms with Crippen molar-refractivity contribution in [1.82, 2.24) is 5.32 Å². The minimum atomic E-state index is -0.163. The number of aryl methyl sites for hydroxylation is 3. The summed E-state index contributed by atoms with van der Waals surface area (Å²) in [6.07, 6.45) is 0. The van der Waals surface area contributed by atoms with Gasteiger partial charge in [-0.05, 0) is 39.4 Å². The molecule has 1 unspecified atom stereocenters. The first kappa shape index (κ1) is 13.8. The van der Waals surface area contributed by atoms with Crippen LogP contribution in [0.3, 0.4) is 0 Å². The topological polar surface area (TPSA) is 12.0 Å². The third kappa shape index (κ3) is 3.02. The molecule has 100 valence electrons. The number of nitrogens with one attached hydrogen (secondary N) is 1. The molecular weight excluding hydrogens is 237 g/mol. The molecule has 1 nitrogen and oxygen atoms in total. The SMILES string of the molecule is CNC(c1cc(C)cc(C)c1)c1cc(C)ccc1F. The number of halogens is 1. The van der Waals surface area contributed by atoms with Gasteiger partial charge < -0.3 is 5.32 Å². The molecule has 2 rings (SSSR count). The summed E-state index contributed by atoms with van der Waals surface area (Å²) in [5.41, 5.74) is 5.27. The Morgan fingerprint density at radius 2 is 1.53 bits per heavy atom. The van der Waals surface area contributed by atoms with Crippen LogP contribution in [0, 0.1) is 26.6 Å². The van der Waals surface area contributed by atoms with Gasteiger partial charge >= 0.3 is 0 Å². The van der Waals surface area contributed by atoms with Crippen LogP contribution in [0.15, 0.2) is 36.4 Å². The number of benzene rings is 2. The van der Waals surface area contributed by atoms with Crippen LogP contribution in [-0.2, 0) is 0 Å². The average Bonchev–Trinajstić information content (AvgIpc) is 2.33. The monoisotopic (exact) mass is 257 g/mol. The van der Waals surface area contributed by atoms with E-state index in [1.807, 2.05) is 20.0 Å². The lowest BCUT2D eigenvalue weighted by molar-refractivity contribution is 0.575. The van der Waals surface area contributed by atoms with Crippen LogP contribution in [0.4, 0.5) is 4.39 Å². The maximum atomic E-state index is 14.1. The molecule has 0 radical (unpaired) electrons. The Morgan fingerprint density at radius 1 is 0.895 bits per heavy atom. The molecule has 0 amide bonds. The molecule has 0 saturated heterocycles. The van der Waals surface area contributed by atoms with Crippen LogP contribution in [0.25, 0.3) is 0 Å². The normalized spacial score (nSPS) is 12.5. The average molecular weight is 257 g/mol. The summed E-state index contributed by atoms with van der Waals surface area (Å²) in [4.78, 5) is 0. The van der Waals surface area contributed by atoms with Gasteiger partial charge in [-0.2, -0.15) is 0 Å². The second-order valence-corrected chi connectivity index (χ2v) is 5.17. The van der Waals surface area contributed by atoms with Crippen molar-refractivity contribution in [2.24, 2.45) is 0 Å². The zero-order valence-corrected chi connectivity index (χ0v) is 11.9. The molecule has 1 N–H and O–H groups in total. The fourth-order valence-electron chi connectivity index (χ4n) is 2.56. The van der Waals surface area contributed by atoms with Gasteiger partial charge in [-0.3, -0.25) is 0 Å². The van der Waals surface area contributed by atoms with Gasteiger partial charge in [0.15, 0.2) is 0 Å². The molecule has 0 aliphatic heterocycles. The van der Waals surface area contributed by atoms with Crippen molar-refractivity contribution in [3.05, 3.63) is 70.0 Å². The van der Waals surface area contributed by atoms with Crippen LogP contribution in [0.2, 0.25) is 0 Å². The highest BCUT2D eigenvalue weighted by atomic mass is 19.1. The molecule has 0 fully saturated rings. The molecule has 2 heteroatoms. The minimum Gasteiger partial charge on any atom is -0.309 e. The summed E-state index contributed by atoms with van der Waals surface area (Å²) in [6.45, 7) is 6.11. The van der Waals surface area contributed by atoms with Gasteiger partial charge in [-0.15, -0.1) is 0 Å². The molecule has 0 aromatic heterocycles. The van der Waals surface area contributed by atoms with Gasteiger partial charge in [0, 0.05) is 5.56 Å². The molecule has 2 aromatic rings. The van der Waals surface area contributed by atoms with Crippen LogP contribution in [0.5, 0.6) is 0 Å². The summed E-state index contributed by atoms with van der Waals surface area (Å²) in [5, 5.41) is 3.22. The van der Waals surface area contributed by atoms with E-state index < -0.39 is 0 Å². The highest BCUT2D eigenvalue weighted by Gasteiger charge is 2.16. The van der Waals surface area contributed by atoms with E-state index in [1.54, 1.807) is 6.07 Å². The Hall–Kier alpha value is -1.67. The maximum Gasteiger partial charge on any atom is 0.128 e. The Bertz CT molecular complexity index is 570. The lowest BCUT2D eigenvalue weighted by Crippen LogP contribution is -2.19. The highest BCUT2D eigenvalue weighted by molar-refractivity contribution is 5.38. The first-order chi connectivity index (χ1) is 9.01. The molecule has 19 heavy (non-hydrogen) atoms. The van der Waals surface area contributed by atoms with Crippen molar-refractivity contribution < 1.29 is 4.39 Å². The van der Waals surface area contributed by atoms with E-state index in [0.717, 1.165) is 11.1 Å². The predicted molar refractivity (Wildman–Crippen MR) is 78.0 cm³/mol. The Balaban J connectivity index is 2.52. The zero-order valence-electron chi connectivity index (χ0n) is 11.9. The first-order valence-corrected chi connectivity index (χ1v) is 6.53. The maximum absolute atomic E-state index is 14.1. The van der Waals surface area contributed by atoms with Gasteiger partial charge in [0.2, 0.25) is 0 Å². The van der Waals surface area contributed by atoms with Gasteiger partial charge in [0.1, 0.15) is 5.82 Å². The molecule has 0 bridgehead atoms. The molecule has 0 aliphatic rings. The summed E-state index contributed by atoms with van der Waals surface area (Å²) in [7, 11) is 1.87. The molecular formula is C17H20FN. The third-order valence-electron chi connectivity index (χ3n) is 3.33. The zero-order chi connectivity index (χ0) is 14.0. The third-order valence-corrected chi connectivity index (χ3v) is 3.33. The van der Waals surface area contributed by atoms with E-state index in [9.17, 15) is 4.39 Å². The standard InChI is InChI=1S/C17H20FN/c1-11-5-6-16(18)15(10-11)17(19-4)14-8-12(2)7-13(3)9-14/h5-10,17,19H,1-4H3. The Morgan fingerprint density at radius 3 is 2.11 bits per heavy atom. The first-order valence-electron chi connectivity index (χ1n) is 6.53. The Labute approximate surface area is 114 Å². The van der Waals surface area contributed by atoms with Crippen molar-refractivity contribution in [1.29, 1.82) is 0 Å². The Kier molecular flexibility index (Phi) is 4.01. The van der Waals surface area contributed by atoms with Crippen molar-refractivity contribution in [2.75, 3.05) is 7.05 Å². The van der Waals surface area contributed by atoms with E-state index in [4.69, 9.17) is 0 Å². The number of rotatable bonds is 3. The van der Waals surface area contributed by atoms with E-state index in [2.05, 4.69) is 37.4 Å². The molecule has 0 aliphatic carbocycles. The number of hydrogen-bond acceptors (Lipinski definition) is 1. The van der Waals surface area contributed by atoms with E-state index in [1.165, 1.54) is 17.2 Å². The van der Waals surface area contributed by atoms with E-state index >= 15 is 0 Å². The largest absolute Gasteiger partial charge is 0.309 e. The molecule has 0 saturated carbocycles. The summed E-state index contributed by atoms with van der Waals surface area (Å²) in [5.74, 6) is -0.163. The second-order valence-electron chi connectivity index (χ2n) is 5.17. The summed E-state index contributed by atoms with van der Waals surface area (Å²) < 4.78 is 14.1. The quantitative estimate of drug-likeness (QED) is 0.874. The van der Waals surface area contributed by atoms with Crippen LogP contribution < -0.4 is 5.32 Å².